The summed E-state index contributed by atoms with van der Waals surface area (Å²) in [5, 5.41) is 8.52. The minimum atomic E-state index is -3.44. The van der Waals surface area contributed by atoms with Crippen LogP contribution in [-0.4, -0.2) is 24.8 Å². The van der Waals surface area contributed by atoms with E-state index < -0.39 is 24.1 Å². The summed E-state index contributed by atoms with van der Waals surface area (Å²) >= 11 is 0. The van der Waals surface area contributed by atoms with E-state index >= 15 is 0 Å². The molecule has 0 amide bonds. The van der Waals surface area contributed by atoms with Crippen LogP contribution in [0, 0.1) is 0 Å². The lowest BCUT2D eigenvalue weighted by atomic mass is 10.0. The average Bonchev–Trinajstić information content (AvgIpc) is 2.28. The van der Waals surface area contributed by atoms with Crippen LogP contribution in [0.15, 0.2) is 24.3 Å². The van der Waals surface area contributed by atoms with Gasteiger partial charge in [0.15, 0.2) is 0 Å². The van der Waals surface area contributed by atoms with Crippen molar-refractivity contribution in [1.82, 2.24) is 0 Å². The largest absolute Gasteiger partial charge is 0.465 e. The number of halogens is 2. The van der Waals surface area contributed by atoms with Crippen LogP contribution in [-0.2, 0) is 10.7 Å². The Morgan fingerprint density at radius 2 is 2.07 bits per heavy atom. The fourth-order valence-corrected chi connectivity index (χ4v) is 1.18. The normalized spacial score (nSPS) is 11.2. The quantitative estimate of drug-likeness (QED) is 0.780. The molecule has 1 aromatic rings. The third-order valence-electron chi connectivity index (χ3n) is 1.93. The maximum Gasteiger partial charge on any atom is 0.338 e. The van der Waals surface area contributed by atoms with Gasteiger partial charge in [-0.1, -0.05) is 18.2 Å². The Hall–Kier alpha value is -1.49. The number of alkyl halides is 2. The first-order valence-corrected chi connectivity index (χ1v) is 4.19. The standard InChI is InChI=1S/C10H10F2O3/c1-15-9(14)7-4-2-3-5-8(7)10(11,12)6-13/h2-5,13H,6H2,1H3. The van der Waals surface area contributed by atoms with Crippen LogP contribution in [0.2, 0.25) is 0 Å². The first-order chi connectivity index (χ1) is 7.03. The van der Waals surface area contributed by atoms with Gasteiger partial charge in [-0.3, -0.25) is 0 Å². The molecule has 3 nitrogen and oxygen atoms in total. The Balaban J connectivity index is 3.23. The number of carbonyl (C=O) groups is 1. The van der Waals surface area contributed by atoms with Crippen LogP contribution in [0.4, 0.5) is 8.78 Å². The van der Waals surface area contributed by atoms with Crippen LogP contribution in [0.25, 0.3) is 0 Å². The summed E-state index contributed by atoms with van der Waals surface area (Å²) in [6, 6.07) is 5.13. The molecule has 1 rings (SSSR count). The fraction of sp³-hybridized carbons (Fsp3) is 0.300. The second-order valence-corrected chi connectivity index (χ2v) is 2.90. The molecule has 1 N–H and O–H groups in total. The van der Waals surface area contributed by atoms with Gasteiger partial charge in [0, 0.05) is 5.56 Å². The van der Waals surface area contributed by atoms with Gasteiger partial charge in [-0.2, -0.15) is 8.78 Å². The number of esters is 1. The Kier molecular flexibility index (Phi) is 3.36. The van der Waals surface area contributed by atoms with Crippen molar-refractivity contribution in [2.75, 3.05) is 13.7 Å². The lowest BCUT2D eigenvalue weighted by Gasteiger charge is -2.16. The summed E-state index contributed by atoms with van der Waals surface area (Å²) in [4.78, 5) is 11.2. The smallest absolute Gasteiger partial charge is 0.338 e. The molecule has 0 saturated carbocycles. The van der Waals surface area contributed by atoms with Crippen molar-refractivity contribution in [2.45, 2.75) is 5.92 Å². The van der Waals surface area contributed by atoms with Gasteiger partial charge >= 0.3 is 5.97 Å². The molecule has 82 valence electrons. The molecule has 0 aromatic heterocycles. The highest BCUT2D eigenvalue weighted by atomic mass is 19.3. The molecule has 0 spiro atoms. The third kappa shape index (κ3) is 2.30. The van der Waals surface area contributed by atoms with Gasteiger partial charge in [0.1, 0.15) is 6.61 Å². The van der Waals surface area contributed by atoms with Crippen LogP contribution in [0.1, 0.15) is 15.9 Å². The average molecular weight is 216 g/mol. The summed E-state index contributed by atoms with van der Waals surface area (Å²) in [6.45, 7) is -1.35. The molecule has 0 saturated heterocycles. The van der Waals surface area contributed by atoms with Crippen molar-refractivity contribution in [2.24, 2.45) is 0 Å². The summed E-state index contributed by atoms with van der Waals surface area (Å²) in [5.41, 5.74) is -0.765. The maximum absolute atomic E-state index is 13.2. The van der Waals surface area contributed by atoms with Gasteiger partial charge < -0.3 is 9.84 Å². The molecule has 0 heterocycles. The van der Waals surface area contributed by atoms with E-state index in [1.807, 2.05) is 0 Å². The van der Waals surface area contributed by atoms with Crippen LogP contribution in [0.3, 0.4) is 0 Å². The number of rotatable bonds is 3. The number of aliphatic hydroxyl groups excluding tert-OH is 1. The van der Waals surface area contributed by atoms with E-state index in [0.717, 1.165) is 13.2 Å². The van der Waals surface area contributed by atoms with Crippen LogP contribution in [0.5, 0.6) is 0 Å². The second-order valence-electron chi connectivity index (χ2n) is 2.90. The predicted molar refractivity (Wildman–Crippen MR) is 48.8 cm³/mol. The van der Waals surface area contributed by atoms with Crippen LogP contribution >= 0.6 is 0 Å². The Bertz CT molecular complexity index is 363. The van der Waals surface area contributed by atoms with Crippen molar-refractivity contribution in [3.05, 3.63) is 35.4 Å². The number of carbonyl (C=O) groups excluding carboxylic acids is 1. The topological polar surface area (TPSA) is 46.5 Å². The fourth-order valence-electron chi connectivity index (χ4n) is 1.18. The summed E-state index contributed by atoms with van der Waals surface area (Å²) in [7, 11) is 1.11. The number of hydrogen-bond donors (Lipinski definition) is 1. The van der Waals surface area contributed by atoms with Gasteiger partial charge in [0.25, 0.3) is 5.92 Å². The lowest BCUT2D eigenvalue weighted by molar-refractivity contribution is -0.0564. The van der Waals surface area contributed by atoms with E-state index in [-0.39, 0.29) is 5.56 Å². The van der Waals surface area contributed by atoms with Gasteiger partial charge in [0.05, 0.1) is 12.7 Å². The van der Waals surface area contributed by atoms with E-state index in [1.165, 1.54) is 18.2 Å². The number of aliphatic hydroxyl groups is 1. The van der Waals surface area contributed by atoms with E-state index in [0.29, 0.717) is 0 Å². The minimum Gasteiger partial charge on any atom is -0.465 e. The zero-order chi connectivity index (χ0) is 11.5. The zero-order valence-electron chi connectivity index (χ0n) is 8.04. The summed E-state index contributed by atoms with van der Waals surface area (Å²) < 4.78 is 30.7. The Morgan fingerprint density at radius 1 is 1.47 bits per heavy atom. The number of hydrogen-bond acceptors (Lipinski definition) is 3. The molecule has 15 heavy (non-hydrogen) atoms. The van der Waals surface area contributed by atoms with Crippen molar-refractivity contribution in [1.29, 1.82) is 0 Å². The molecule has 0 aliphatic rings. The molecule has 0 aliphatic heterocycles. The number of benzene rings is 1. The second kappa shape index (κ2) is 4.35. The van der Waals surface area contributed by atoms with E-state index in [9.17, 15) is 13.6 Å². The van der Waals surface area contributed by atoms with E-state index in [1.54, 1.807) is 0 Å². The molecular formula is C10H10F2O3. The summed E-state index contributed by atoms with van der Waals surface area (Å²) in [5.74, 6) is -4.29. The first kappa shape index (κ1) is 11.6. The molecule has 0 radical (unpaired) electrons. The number of methoxy groups -OCH3 is 1. The van der Waals surface area contributed by atoms with Gasteiger partial charge in [-0.15, -0.1) is 0 Å². The zero-order valence-corrected chi connectivity index (χ0v) is 8.04. The van der Waals surface area contributed by atoms with Crippen LogP contribution < -0.4 is 0 Å². The highest BCUT2D eigenvalue weighted by molar-refractivity contribution is 5.91. The van der Waals surface area contributed by atoms with Gasteiger partial charge in [-0.25, -0.2) is 4.79 Å². The van der Waals surface area contributed by atoms with Crippen molar-refractivity contribution in [3.8, 4) is 0 Å². The minimum absolute atomic E-state index is 0.237. The van der Waals surface area contributed by atoms with Crippen molar-refractivity contribution >= 4 is 5.97 Å². The van der Waals surface area contributed by atoms with Gasteiger partial charge in [0.2, 0.25) is 0 Å². The SMILES string of the molecule is COC(=O)c1ccccc1C(F)(F)CO. The molecule has 0 unspecified atom stereocenters. The van der Waals surface area contributed by atoms with E-state index in [2.05, 4.69) is 4.74 Å². The lowest BCUT2D eigenvalue weighted by Crippen LogP contribution is -2.22. The molecule has 5 heteroatoms. The molecule has 0 bridgehead atoms. The first-order valence-electron chi connectivity index (χ1n) is 4.19. The molecule has 0 aliphatic carbocycles. The van der Waals surface area contributed by atoms with Gasteiger partial charge in [-0.05, 0) is 6.07 Å². The maximum atomic E-state index is 13.2. The molecular weight excluding hydrogens is 206 g/mol. The molecule has 0 atom stereocenters. The van der Waals surface area contributed by atoms with Crippen molar-refractivity contribution < 1.29 is 23.4 Å². The Labute approximate surface area is 85.3 Å². The highest BCUT2D eigenvalue weighted by Gasteiger charge is 2.34. The third-order valence-corrected chi connectivity index (χ3v) is 1.93. The van der Waals surface area contributed by atoms with Crippen molar-refractivity contribution in [3.63, 3.8) is 0 Å². The predicted octanol–water partition coefficient (Wildman–Crippen LogP) is 1.56. The molecule has 1 aromatic carbocycles. The number of ether oxygens (including phenoxy) is 1. The Morgan fingerprint density at radius 3 is 2.60 bits per heavy atom. The molecule has 0 fully saturated rings. The monoisotopic (exact) mass is 216 g/mol. The van der Waals surface area contributed by atoms with E-state index in [4.69, 9.17) is 5.11 Å². The summed E-state index contributed by atoms with van der Waals surface area (Å²) in [6.07, 6.45) is 0. The highest BCUT2D eigenvalue weighted by Crippen LogP contribution is 2.30.